The van der Waals surface area contributed by atoms with E-state index in [1.165, 1.54) is 0 Å². The maximum atomic E-state index is 12.2. The highest BCUT2D eigenvalue weighted by Crippen LogP contribution is 2.39. The van der Waals surface area contributed by atoms with E-state index in [9.17, 15) is 9.90 Å². The van der Waals surface area contributed by atoms with Crippen LogP contribution in [-0.4, -0.2) is 28.3 Å². The van der Waals surface area contributed by atoms with Crippen LogP contribution in [0.4, 0.5) is 10.5 Å². The summed E-state index contributed by atoms with van der Waals surface area (Å²) >= 11 is 0. The quantitative estimate of drug-likeness (QED) is 0.752. The zero-order chi connectivity index (χ0) is 17.7. The second kappa shape index (κ2) is 7.37. The predicted octanol–water partition coefficient (Wildman–Crippen LogP) is 2.76. The number of anilines is 1. The Kier molecular flexibility index (Phi) is 5.01. The molecule has 2 amide bonds. The van der Waals surface area contributed by atoms with Crippen LogP contribution in [0.2, 0.25) is 0 Å². The molecule has 128 valence electrons. The van der Waals surface area contributed by atoms with E-state index in [4.69, 9.17) is 0 Å². The van der Waals surface area contributed by atoms with Crippen molar-refractivity contribution in [2.24, 2.45) is 5.92 Å². The lowest BCUT2D eigenvalue weighted by molar-refractivity contribution is 0.159. The van der Waals surface area contributed by atoms with Crippen LogP contribution >= 0.6 is 0 Å². The minimum Gasteiger partial charge on any atom is -0.394 e. The van der Waals surface area contributed by atoms with Gasteiger partial charge >= 0.3 is 6.03 Å². The number of amides is 2. The highest BCUT2D eigenvalue weighted by atomic mass is 16.3. The van der Waals surface area contributed by atoms with Crippen molar-refractivity contribution in [2.75, 3.05) is 11.9 Å². The van der Waals surface area contributed by atoms with Crippen molar-refractivity contribution in [3.8, 4) is 11.8 Å². The van der Waals surface area contributed by atoms with Crippen LogP contribution in [0.3, 0.4) is 0 Å². The number of aliphatic hydroxyl groups excluding tert-OH is 1. The van der Waals surface area contributed by atoms with Gasteiger partial charge in [0.1, 0.15) is 5.69 Å². The second-order valence-electron chi connectivity index (χ2n) is 6.47. The molecule has 1 saturated carbocycles. The maximum Gasteiger partial charge on any atom is 0.319 e. The van der Waals surface area contributed by atoms with Crippen molar-refractivity contribution in [1.29, 1.82) is 0 Å². The molecule has 25 heavy (non-hydrogen) atoms. The summed E-state index contributed by atoms with van der Waals surface area (Å²) < 4.78 is 0. The van der Waals surface area contributed by atoms with Crippen LogP contribution in [0.5, 0.6) is 0 Å². The maximum absolute atomic E-state index is 12.2. The van der Waals surface area contributed by atoms with Gasteiger partial charge in [0.05, 0.1) is 12.1 Å². The van der Waals surface area contributed by atoms with Gasteiger partial charge in [-0.05, 0) is 61.9 Å². The molecule has 1 aromatic carbocycles. The molecule has 0 bridgehead atoms. The van der Waals surface area contributed by atoms with Crippen molar-refractivity contribution >= 4 is 11.7 Å². The smallest absolute Gasteiger partial charge is 0.319 e. The van der Waals surface area contributed by atoms with Gasteiger partial charge in [0, 0.05) is 17.4 Å². The van der Waals surface area contributed by atoms with Crippen LogP contribution in [-0.2, 0) is 0 Å². The Balaban J connectivity index is 1.65. The van der Waals surface area contributed by atoms with Gasteiger partial charge < -0.3 is 15.7 Å². The van der Waals surface area contributed by atoms with E-state index >= 15 is 0 Å². The van der Waals surface area contributed by atoms with E-state index < -0.39 is 5.54 Å². The van der Waals surface area contributed by atoms with E-state index in [0.717, 1.165) is 18.4 Å². The normalized spacial score (nSPS) is 15.4. The third kappa shape index (κ3) is 4.59. The first-order chi connectivity index (χ1) is 12.1. The summed E-state index contributed by atoms with van der Waals surface area (Å²) in [5.41, 5.74) is 1.57. The number of hydrogen-bond acceptors (Lipinski definition) is 3. The fourth-order valence-electron chi connectivity index (χ4n) is 2.66. The standard InChI is InChI=1S/C20H21N3O2/c1-20(14-24,16-9-10-16)23-19(25)22-18-7-4-5-15(13-18)8-11-17-6-2-3-12-21-17/h2-7,12-13,16,24H,9-10,14H2,1H3,(H2,22,23,25)/t20-/m1/s1. The Labute approximate surface area is 147 Å². The van der Waals surface area contributed by atoms with Crippen molar-refractivity contribution in [3.63, 3.8) is 0 Å². The van der Waals surface area contributed by atoms with Crippen LogP contribution < -0.4 is 10.6 Å². The van der Waals surface area contributed by atoms with Gasteiger partial charge in [-0.25, -0.2) is 9.78 Å². The second-order valence-corrected chi connectivity index (χ2v) is 6.47. The first-order valence-corrected chi connectivity index (χ1v) is 8.32. The monoisotopic (exact) mass is 335 g/mol. The molecule has 1 heterocycles. The third-order valence-electron chi connectivity index (χ3n) is 4.33. The number of aliphatic hydroxyl groups is 1. The summed E-state index contributed by atoms with van der Waals surface area (Å²) in [5, 5.41) is 15.3. The highest BCUT2D eigenvalue weighted by Gasteiger charge is 2.42. The molecule has 0 spiro atoms. The first-order valence-electron chi connectivity index (χ1n) is 8.32. The molecule has 2 aromatic rings. The van der Waals surface area contributed by atoms with E-state index in [1.54, 1.807) is 12.3 Å². The van der Waals surface area contributed by atoms with Gasteiger partial charge in [-0.3, -0.25) is 0 Å². The first kappa shape index (κ1) is 17.0. The summed E-state index contributed by atoms with van der Waals surface area (Å²) in [5.74, 6) is 6.37. The summed E-state index contributed by atoms with van der Waals surface area (Å²) in [7, 11) is 0. The molecular formula is C20H21N3O2. The van der Waals surface area contributed by atoms with Crippen molar-refractivity contribution < 1.29 is 9.90 Å². The number of carbonyl (C=O) groups excluding carboxylic acids is 1. The molecule has 1 aromatic heterocycles. The van der Waals surface area contributed by atoms with Crippen LogP contribution in [0.15, 0.2) is 48.7 Å². The molecule has 1 atom stereocenters. The SMILES string of the molecule is C[C@](CO)(NC(=O)Nc1cccc(C#Cc2ccccn2)c1)C1CC1. The average molecular weight is 335 g/mol. The van der Waals surface area contributed by atoms with Gasteiger partial charge in [-0.15, -0.1) is 0 Å². The number of benzene rings is 1. The largest absolute Gasteiger partial charge is 0.394 e. The molecule has 3 N–H and O–H groups in total. The summed E-state index contributed by atoms with van der Waals surface area (Å²) in [4.78, 5) is 16.4. The molecular weight excluding hydrogens is 314 g/mol. The third-order valence-corrected chi connectivity index (χ3v) is 4.33. The molecule has 1 aliphatic rings. The van der Waals surface area contributed by atoms with Gasteiger partial charge in [0.25, 0.3) is 0 Å². The lowest BCUT2D eigenvalue weighted by Crippen LogP contribution is -2.52. The van der Waals surface area contributed by atoms with Crippen molar-refractivity contribution in [2.45, 2.75) is 25.3 Å². The molecule has 5 nitrogen and oxygen atoms in total. The molecule has 0 saturated heterocycles. The number of aromatic nitrogens is 1. The van der Waals surface area contributed by atoms with Crippen LogP contribution in [0.1, 0.15) is 31.0 Å². The predicted molar refractivity (Wildman–Crippen MR) is 97.0 cm³/mol. The molecule has 0 unspecified atom stereocenters. The minimum absolute atomic E-state index is 0.0688. The Bertz CT molecular complexity index is 806. The van der Waals surface area contributed by atoms with Crippen LogP contribution in [0.25, 0.3) is 0 Å². The van der Waals surface area contributed by atoms with E-state index in [-0.39, 0.29) is 12.6 Å². The lowest BCUT2D eigenvalue weighted by atomic mass is 9.97. The molecule has 0 aliphatic heterocycles. The number of carbonyl (C=O) groups is 1. The molecule has 1 fully saturated rings. The van der Waals surface area contributed by atoms with Gasteiger partial charge in [-0.1, -0.05) is 18.1 Å². The number of urea groups is 1. The molecule has 5 heteroatoms. The lowest BCUT2D eigenvalue weighted by Gasteiger charge is -2.28. The minimum atomic E-state index is -0.569. The Morgan fingerprint density at radius 3 is 2.80 bits per heavy atom. The van der Waals surface area contributed by atoms with E-state index in [1.807, 2.05) is 43.3 Å². The summed E-state index contributed by atoms with van der Waals surface area (Å²) in [6, 6.07) is 12.6. The summed E-state index contributed by atoms with van der Waals surface area (Å²) in [6.07, 6.45) is 3.77. The zero-order valence-corrected chi connectivity index (χ0v) is 14.1. The van der Waals surface area contributed by atoms with E-state index in [0.29, 0.717) is 17.3 Å². The van der Waals surface area contributed by atoms with Crippen molar-refractivity contribution in [3.05, 3.63) is 59.9 Å². The summed E-state index contributed by atoms with van der Waals surface area (Å²) in [6.45, 7) is 1.81. The average Bonchev–Trinajstić information content (AvgIpc) is 3.46. The Hall–Kier alpha value is -2.84. The molecule has 1 aliphatic carbocycles. The fraction of sp³-hybridized carbons (Fsp3) is 0.300. The van der Waals surface area contributed by atoms with Gasteiger partial charge in [0.2, 0.25) is 0 Å². The topological polar surface area (TPSA) is 74.2 Å². The molecule has 3 rings (SSSR count). The van der Waals surface area contributed by atoms with Gasteiger partial charge in [-0.2, -0.15) is 0 Å². The Morgan fingerprint density at radius 2 is 2.12 bits per heavy atom. The highest BCUT2D eigenvalue weighted by molar-refractivity contribution is 5.90. The zero-order valence-electron chi connectivity index (χ0n) is 14.1. The van der Waals surface area contributed by atoms with E-state index in [2.05, 4.69) is 27.5 Å². The van der Waals surface area contributed by atoms with Crippen molar-refractivity contribution in [1.82, 2.24) is 10.3 Å². The van der Waals surface area contributed by atoms with Crippen LogP contribution in [0, 0.1) is 17.8 Å². The number of pyridine rings is 1. The molecule has 0 radical (unpaired) electrons. The Morgan fingerprint density at radius 1 is 1.28 bits per heavy atom. The number of rotatable bonds is 4. The number of nitrogens with zero attached hydrogens (tertiary/aromatic N) is 1. The number of hydrogen-bond donors (Lipinski definition) is 3. The number of nitrogens with one attached hydrogen (secondary N) is 2. The fourth-order valence-corrected chi connectivity index (χ4v) is 2.66. The van der Waals surface area contributed by atoms with Gasteiger partial charge in [0.15, 0.2) is 0 Å².